The fraction of sp³-hybridized carbons (Fsp3) is 0.286. The molecule has 1 heterocycles. The number of rotatable bonds is 5. The minimum absolute atomic E-state index is 0.680. The summed E-state index contributed by atoms with van der Waals surface area (Å²) in [7, 11) is 0. The summed E-state index contributed by atoms with van der Waals surface area (Å²) in [6.45, 7) is 5.09. The third-order valence-corrected chi connectivity index (χ3v) is 4.34. The van der Waals surface area contributed by atoms with Gasteiger partial charge in [-0.25, -0.2) is 9.97 Å². The van der Waals surface area contributed by atoms with Crippen molar-refractivity contribution >= 4 is 33.6 Å². The summed E-state index contributed by atoms with van der Waals surface area (Å²) in [4.78, 5) is 9.94. The molecule has 0 amide bonds. The molecule has 3 nitrogen and oxygen atoms in total. The zero-order valence-corrected chi connectivity index (χ0v) is 13.4. The highest BCUT2D eigenvalue weighted by atomic mass is 79.9. The number of hydrogen-bond acceptors (Lipinski definition) is 4. The van der Waals surface area contributed by atoms with Gasteiger partial charge in [-0.1, -0.05) is 36.4 Å². The predicted octanol–water partition coefficient (Wildman–Crippen LogP) is 4.52. The average molecular weight is 338 g/mol. The van der Waals surface area contributed by atoms with Crippen LogP contribution in [0.4, 0.5) is 5.95 Å². The Bertz CT molecular complexity index is 543. The van der Waals surface area contributed by atoms with Gasteiger partial charge in [-0.3, -0.25) is 0 Å². The van der Waals surface area contributed by atoms with Crippen LogP contribution in [0.5, 0.6) is 0 Å². The minimum Gasteiger partial charge on any atom is -0.354 e. The van der Waals surface area contributed by atoms with Crippen molar-refractivity contribution in [2.45, 2.75) is 30.2 Å². The van der Waals surface area contributed by atoms with Crippen LogP contribution in [0.1, 0.15) is 18.9 Å². The van der Waals surface area contributed by atoms with Gasteiger partial charge >= 0.3 is 0 Å². The first kappa shape index (κ1) is 14.3. The SMILES string of the molecule is CCCNc1ncc(Br)c(Sc2ccc(C)cc2)n1. The van der Waals surface area contributed by atoms with E-state index >= 15 is 0 Å². The van der Waals surface area contributed by atoms with Crippen LogP contribution in [-0.4, -0.2) is 16.5 Å². The average Bonchev–Trinajstić information content (AvgIpc) is 2.42. The molecule has 0 aliphatic rings. The first-order valence-corrected chi connectivity index (χ1v) is 7.81. The predicted molar refractivity (Wildman–Crippen MR) is 83.8 cm³/mol. The highest BCUT2D eigenvalue weighted by Crippen LogP contribution is 2.32. The number of hydrogen-bond donors (Lipinski definition) is 1. The third kappa shape index (κ3) is 4.21. The van der Waals surface area contributed by atoms with Crippen LogP contribution in [0.2, 0.25) is 0 Å². The van der Waals surface area contributed by atoms with Gasteiger partial charge in [-0.15, -0.1) is 0 Å². The van der Waals surface area contributed by atoms with Gasteiger partial charge in [-0.2, -0.15) is 0 Å². The highest BCUT2D eigenvalue weighted by molar-refractivity contribution is 9.10. The Labute approximate surface area is 126 Å². The maximum Gasteiger partial charge on any atom is 0.223 e. The molecule has 0 unspecified atom stereocenters. The van der Waals surface area contributed by atoms with E-state index in [1.165, 1.54) is 10.5 Å². The van der Waals surface area contributed by atoms with Crippen molar-refractivity contribution in [3.05, 3.63) is 40.5 Å². The van der Waals surface area contributed by atoms with Gasteiger partial charge in [0.05, 0.1) is 4.47 Å². The van der Waals surface area contributed by atoms with Crippen molar-refractivity contribution < 1.29 is 0 Å². The molecule has 1 aromatic carbocycles. The number of nitrogens with zero attached hydrogens (tertiary/aromatic N) is 2. The Morgan fingerprint density at radius 3 is 2.68 bits per heavy atom. The molecule has 0 spiro atoms. The molecule has 0 fully saturated rings. The number of aryl methyl sites for hydroxylation is 1. The van der Waals surface area contributed by atoms with Crippen LogP contribution in [0, 0.1) is 6.92 Å². The van der Waals surface area contributed by atoms with E-state index in [2.05, 4.69) is 69.3 Å². The molecule has 0 saturated heterocycles. The van der Waals surface area contributed by atoms with Gasteiger partial charge in [0.15, 0.2) is 0 Å². The molecule has 1 N–H and O–H groups in total. The second kappa shape index (κ2) is 6.91. The maximum absolute atomic E-state index is 4.52. The molecular weight excluding hydrogens is 322 g/mol. The molecule has 2 rings (SSSR count). The minimum atomic E-state index is 0.680. The van der Waals surface area contributed by atoms with Crippen LogP contribution >= 0.6 is 27.7 Å². The van der Waals surface area contributed by atoms with Crippen molar-refractivity contribution in [1.82, 2.24) is 9.97 Å². The van der Waals surface area contributed by atoms with E-state index in [0.29, 0.717) is 5.95 Å². The lowest BCUT2D eigenvalue weighted by Gasteiger charge is -2.07. The standard InChI is InChI=1S/C14H16BrN3S/c1-3-8-16-14-17-9-12(15)13(18-14)19-11-6-4-10(2)5-7-11/h4-7,9H,3,8H2,1-2H3,(H,16,17,18). The molecule has 100 valence electrons. The fourth-order valence-corrected chi connectivity index (χ4v) is 2.67. The third-order valence-electron chi connectivity index (χ3n) is 2.48. The fourth-order valence-electron chi connectivity index (χ4n) is 1.46. The molecule has 0 saturated carbocycles. The van der Waals surface area contributed by atoms with E-state index < -0.39 is 0 Å². The molecule has 0 bridgehead atoms. The Hall–Kier alpha value is -1.07. The summed E-state index contributed by atoms with van der Waals surface area (Å²) >= 11 is 5.13. The van der Waals surface area contributed by atoms with E-state index in [4.69, 9.17) is 0 Å². The molecule has 1 aromatic heterocycles. The number of benzene rings is 1. The first-order valence-electron chi connectivity index (χ1n) is 6.20. The molecule has 2 aromatic rings. The van der Waals surface area contributed by atoms with Crippen LogP contribution in [0.25, 0.3) is 0 Å². The summed E-state index contributed by atoms with van der Waals surface area (Å²) in [5.74, 6) is 0.680. The van der Waals surface area contributed by atoms with E-state index in [-0.39, 0.29) is 0 Å². The maximum atomic E-state index is 4.52. The Morgan fingerprint density at radius 1 is 1.26 bits per heavy atom. The van der Waals surface area contributed by atoms with Crippen molar-refractivity contribution in [3.8, 4) is 0 Å². The molecule has 0 radical (unpaired) electrons. The molecule has 0 atom stereocenters. The van der Waals surface area contributed by atoms with E-state index in [0.717, 1.165) is 22.5 Å². The Morgan fingerprint density at radius 2 is 2.00 bits per heavy atom. The lowest BCUT2D eigenvalue weighted by molar-refractivity contribution is 0.930. The largest absolute Gasteiger partial charge is 0.354 e. The van der Waals surface area contributed by atoms with Crippen molar-refractivity contribution in [2.24, 2.45) is 0 Å². The Balaban J connectivity index is 2.16. The lowest BCUT2D eigenvalue weighted by atomic mass is 10.2. The number of halogens is 1. The van der Waals surface area contributed by atoms with Gasteiger partial charge in [0.1, 0.15) is 5.03 Å². The van der Waals surface area contributed by atoms with Gasteiger partial charge in [0.2, 0.25) is 5.95 Å². The van der Waals surface area contributed by atoms with Gasteiger partial charge in [0.25, 0.3) is 0 Å². The van der Waals surface area contributed by atoms with Crippen LogP contribution in [0.15, 0.2) is 44.9 Å². The lowest BCUT2D eigenvalue weighted by Crippen LogP contribution is -2.04. The topological polar surface area (TPSA) is 37.8 Å². The summed E-state index contributed by atoms with van der Waals surface area (Å²) in [6, 6.07) is 8.42. The van der Waals surface area contributed by atoms with Crippen molar-refractivity contribution in [1.29, 1.82) is 0 Å². The zero-order chi connectivity index (χ0) is 13.7. The monoisotopic (exact) mass is 337 g/mol. The molecule has 0 aliphatic heterocycles. The zero-order valence-electron chi connectivity index (χ0n) is 11.0. The molecule has 19 heavy (non-hydrogen) atoms. The second-order valence-electron chi connectivity index (χ2n) is 4.19. The van der Waals surface area contributed by atoms with Gasteiger partial charge in [0, 0.05) is 17.6 Å². The van der Waals surface area contributed by atoms with E-state index in [1.807, 2.05) is 0 Å². The Kier molecular flexibility index (Phi) is 5.22. The number of aromatic nitrogens is 2. The number of nitrogens with one attached hydrogen (secondary N) is 1. The normalized spacial score (nSPS) is 10.5. The molecule has 5 heteroatoms. The molecular formula is C14H16BrN3S. The summed E-state index contributed by atoms with van der Waals surface area (Å²) in [5, 5.41) is 4.13. The summed E-state index contributed by atoms with van der Waals surface area (Å²) in [5.41, 5.74) is 1.26. The number of anilines is 1. The first-order chi connectivity index (χ1) is 9.19. The van der Waals surface area contributed by atoms with Gasteiger partial charge < -0.3 is 5.32 Å². The second-order valence-corrected chi connectivity index (χ2v) is 6.11. The molecule has 0 aliphatic carbocycles. The summed E-state index contributed by atoms with van der Waals surface area (Å²) in [6.07, 6.45) is 2.85. The van der Waals surface area contributed by atoms with Crippen LogP contribution in [-0.2, 0) is 0 Å². The van der Waals surface area contributed by atoms with Crippen molar-refractivity contribution in [2.75, 3.05) is 11.9 Å². The summed E-state index contributed by atoms with van der Waals surface area (Å²) < 4.78 is 0.917. The van der Waals surface area contributed by atoms with E-state index in [1.54, 1.807) is 18.0 Å². The van der Waals surface area contributed by atoms with Crippen LogP contribution < -0.4 is 5.32 Å². The van der Waals surface area contributed by atoms with Crippen LogP contribution in [0.3, 0.4) is 0 Å². The van der Waals surface area contributed by atoms with Gasteiger partial charge in [-0.05, 0) is 41.4 Å². The van der Waals surface area contributed by atoms with Crippen molar-refractivity contribution in [3.63, 3.8) is 0 Å². The quantitative estimate of drug-likeness (QED) is 0.814. The highest BCUT2D eigenvalue weighted by Gasteiger charge is 2.07. The van der Waals surface area contributed by atoms with E-state index in [9.17, 15) is 0 Å². The smallest absolute Gasteiger partial charge is 0.223 e.